The summed E-state index contributed by atoms with van der Waals surface area (Å²) in [6, 6.07) is 10.5. The van der Waals surface area contributed by atoms with Crippen molar-refractivity contribution in [2.45, 2.75) is 39.2 Å². The van der Waals surface area contributed by atoms with Crippen LogP contribution in [-0.4, -0.2) is 60.4 Å². The van der Waals surface area contributed by atoms with E-state index in [1.165, 1.54) is 5.56 Å². The first kappa shape index (κ1) is 18.5. The molecule has 1 N–H and O–H groups in total. The van der Waals surface area contributed by atoms with Crippen LogP contribution in [0.5, 0.6) is 0 Å². The number of benzene rings is 1. The van der Waals surface area contributed by atoms with E-state index >= 15 is 0 Å². The normalized spacial score (nSPS) is 16.8. The van der Waals surface area contributed by atoms with Crippen LogP contribution in [-0.2, 0) is 15.0 Å². The van der Waals surface area contributed by atoms with E-state index in [0.29, 0.717) is 32.7 Å². The molecule has 0 radical (unpaired) electrons. The van der Waals surface area contributed by atoms with Crippen LogP contribution in [0.4, 0.5) is 0 Å². The molecule has 1 aliphatic rings. The minimum absolute atomic E-state index is 0.0606. The van der Waals surface area contributed by atoms with E-state index in [-0.39, 0.29) is 23.3 Å². The Labute approximate surface area is 145 Å². The van der Waals surface area contributed by atoms with Gasteiger partial charge in [0.05, 0.1) is 6.54 Å². The molecule has 1 aliphatic heterocycles. The molecule has 1 aromatic rings. The molecule has 5 heteroatoms. The Kier molecular flexibility index (Phi) is 5.99. The molecule has 1 saturated heterocycles. The zero-order valence-electron chi connectivity index (χ0n) is 15.2. The van der Waals surface area contributed by atoms with Crippen LogP contribution in [0, 0.1) is 0 Å². The van der Waals surface area contributed by atoms with Crippen molar-refractivity contribution in [3.63, 3.8) is 0 Å². The lowest BCUT2D eigenvalue weighted by Crippen LogP contribution is -2.53. The monoisotopic (exact) mass is 331 g/mol. The third-order valence-corrected chi connectivity index (χ3v) is 5.24. The van der Waals surface area contributed by atoms with Gasteiger partial charge in [-0.15, -0.1) is 0 Å². The molecule has 132 valence electrons. The van der Waals surface area contributed by atoms with Gasteiger partial charge in [-0.3, -0.25) is 9.59 Å². The number of hydrogen-bond donors (Lipinski definition) is 1. The molecule has 5 nitrogen and oxygen atoms in total. The number of amides is 2. The summed E-state index contributed by atoms with van der Waals surface area (Å²) in [5.74, 6) is 0.187. The second kappa shape index (κ2) is 7.79. The van der Waals surface area contributed by atoms with E-state index in [2.05, 4.69) is 38.2 Å². The Hall–Kier alpha value is -1.88. The highest BCUT2D eigenvalue weighted by molar-refractivity contribution is 5.79. The molecule has 0 bridgehead atoms. The van der Waals surface area contributed by atoms with Gasteiger partial charge < -0.3 is 15.1 Å². The van der Waals surface area contributed by atoms with Gasteiger partial charge in [0.1, 0.15) is 0 Å². The molecule has 24 heavy (non-hydrogen) atoms. The summed E-state index contributed by atoms with van der Waals surface area (Å²) in [6.45, 7) is 10.9. The molecule has 1 heterocycles. The van der Waals surface area contributed by atoms with Crippen molar-refractivity contribution >= 4 is 11.8 Å². The predicted molar refractivity (Wildman–Crippen MR) is 95.8 cm³/mol. The zero-order valence-corrected chi connectivity index (χ0v) is 15.2. The largest absolute Gasteiger partial charge is 0.339 e. The Bertz CT molecular complexity index is 563. The second-order valence-electron chi connectivity index (χ2n) is 7.08. The highest BCUT2D eigenvalue weighted by atomic mass is 16.2. The number of nitrogens with one attached hydrogen (secondary N) is 1. The van der Waals surface area contributed by atoms with Gasteiger partial charge in [0.2, 0.25) is 11.8 Å². The molecule has 0 unspecified atom stereocenters. The Balaban J connectivity index is 1.84. The van der Waals surface area contributed by atoms with E-state index in [9.17, 15) is 9.59 Å². The molecular formula is C19H29N3O2. The Morgan fingerprint density at radius 1 is 1.08 bits per heavy atom. The first-order valence-electron chi connectivity index (χ1n) is 8.64. The fourth-order valence-corrected chi connectivity index (χ4v) is 3.00. The summed E-state index contributed by atoms with van der Waals surface area (Å²) in [5.41, 5.74) is 1.20. The SMILES string of the molecule is CC(=O)N1CCN(C(=O)CN[C@H](C)C(C)(C)c2ccccc2)CC1. The summed E-state index contributed by atoms with van der Waals surface area (Å²) in [6.07, 6.45) is 0. The van der Waals surface area contributed by atoms with Crippen LogP contribution >= 0.6 is 0 Å². The van der Waals surface area contributed by atoms with E-state index in [4.69, 9.17) is 0 Å². The molecule has 0 aliphatic carbocycles. The quantitative estimate of drug-likeness (QED) is 0.892. The maximum Gasteiger partial charge on any atom is 0.236 e. The van der Waals surface area contributed by atoms with Gasteiger partial charge in [0.25, 0.3) is 0 Å². The van der Waals surface area contributed by atoms with Gasteiger partial charge in [-0.2, -0.15) is 0 Å². The van der Waals surface area contributed by atoms with Gasteiger partial charge in [-0.25, -0.2) is 0 Å². The van der Waals surface area contributed by atoms with Crippen molar-refractivity contribution in [3.05, 3.63) is 35.9 Å². The Morgan fingerprint density at radius 3 is 2.17 bits per heavy atom. The number of rotatable bonds is 5. The average Bonchev–Trinajstić information content (AvgIpc) is 2.60. The number of hydrogen-bond acceptors (Lipinski definition) is 3. The molecule has 1 aromatic carbocycles. The molecule has 2 rings (SSSR count). The summed E-state index contributed by atoms with van der Waals surface area (Å²) < 4.78 is 0. The number of carbonyl (C=O) groups is 2. The van der Waals surface area contributed by atoms with Crippen molar-refractivity contribution in [3.8, 4) is 0 Å². The third kappa shape index (κ3) is 4.35. The standard InChI is InChI=1S/C19H29N3O2/c1-15(19(3,4)17-8-6-5-7-9-17)20-14-18(24)22-12-10-21(11-13-22)16(2)23/h5-9,15,20H,10-14H2,1-4H3/t15-/m1/s1. The van der Waals surface area contributed by atoms with Crippen LogP contribution < -0.4 is 5.32 Å². The third-order valence-electron chi connectivity index (χ3n) is 5.24. The lowest BCUT2D eigenvalue weighted by Gasteiger charge is -2.36. The average molecular weight is 331 g/mol. The Morgan fingerprint density at radius 2 is 1.62 bits per heavy atom. The topological polar surface area (TPSA) is 52.7 Å². The van der Waals surface area contributed by atoms with E-state index in [0.717, 1.165) is 0 Å². The van der Waals surface area contributed by atoms with Crippen molar-refractivity contribution in [2.75, 3.05) is 32.7 Å². The molecule has 2 amide bonds. The number of carbonyl (C=O) groups excluding carboxylic acids is 2. The zero-order chi connectivity index (χ0) is 17.7. The molecule has 1 atom stereocenters. The van der Waals surface area contributed by atoms with Crippen molar-refractivity contribution in [1.29, 1.82) is 0 Å². The summed E-state index contributed by atoms with van der Waals surface area (Å²) in [5, 5.41) is 3.38. The molecule has 0 saturated carbocycles. The summed E-state index contributed by atoms with van der Waals surface area (Å²) >= 11 is 0. The maximum atomic E-state index is 12.4. The second-order valence-corrected chi connectivity index (χ2v) is 7.08. The van der Waals surface area contributed by atoms with Crippen LogP contribution in [0.1, 0.15) is 33.3 Å². The lowest BCUT2D eigenvalue weighted by molar-refractivity contribution is -0.137. The van der Waals surface area contributed by atoms with Gasteiger partial charge in [-0.1, -0.05) is 44.2 Å². The molecule has 0 spiro atoms. The van der Waals surface area contributed by atoms with E-state index in [1.54, 1.807) is 11.8 Å². The smallest absolute Gasteiger partial charge is 0.236 e. The van der Waals surface area contributed by atoms with Gasteiger partial charge in [0, 0.05) is 44.6 Å². The van der Waals surface area contributed by atoms with E-state index in [1.807, 2.05) is 23.1 Å². The first-order valence-corrected chi connectivity index (χ1v) is 8.64. The van der Waals surface area contributed by atoms with Crippen LogP contribution in [0.3, 0.4) is 0 Å². The number of nitrogens with zero attached hydrogens (tertiary/aromatic N) is 2. The van der Waals surface area contributed by atoms with Crippen molar-refractivity contribution < 1.29 is 9.59 Å². The maximum absolute atomic E-state index is 12.4. The lowest BCUT2D eigenvalue weighted by atomic mass is 9.78. The van der Waals surface area contributed by atoms with Gasteiger partial charge >= 0.3 is 0 Å². The van der Waals surface area contributed by atoms with Crippen LogP contribution in [0.15, 0.2) is 30.3 Å². The molecular weight excluding hydrogens is 302 g/mol. The minimum atomic E-state index is -0.0606. The van der Waals surface area contributed by atoms with Gasteiger partial charge in [0.15, 0.2) is 0 Å². The minimum Gasteiger partial charge on any atom is -0.339 e. The highest BCUT2D eigenvalue weighted by Gasteiger charge is 2.29. The first-order chi connectivity index (χ1) is 11.3. The predicted octanol–water partition coefficient (Wildman–Crippen LogP) is 1.63. The number of piperazine rings is 1. The summed E-state index contributed by atoms with van der Waals surface area (Å²) in [4.78, 5) is 27.4. The van der Waals surface area contributed by atoms with Crippen LogP contribution in [0.25, 0.3) is 0 Å². The summed E-state index contributed by atoms with van der Waals surface area (Å²) in [7, 11) is 0. The highest BCUT2D eigenvalue weighted by Crippen LogP contribution is 2.26. The molecule has 1 fully saturated rings. The van der Waals surface area contributed by atoms with E-state index < -0.39 is 0 Å². The fraction of sp³-hybridized carbons (Fsp3) is 0.579. The fourth-order valence-electron chi connectivity index (χ4n) is 3.00. The van der Waals surface area contributed by atoms with Crippen LogP contribution in [0.2, 0.25) is 0 Å². The van der Waals surface area contributed by atoms with Gasteiger partial charge in [-0.05, 0) is 12.5 Å². The van der Waals surface area contributed by atoms with Crippen molar-refractivity contribution in [1.82, 2.24) is 15.1 Å². The molecule has 0 aromatic heterocycles. The van der Waals surface area contributed by atoms with Crippen molar-refractivity contribution in [2.24, 2.45) is 0 Å².